The van der Waals surface area contributed by atoms with Crippen molar-refractivity contribution in [2.45, 2.75) is 31.9 Å². The highest BCUT2D eigenvalue weighted by Gasteiger charge is 2.26. The molecule has 1 aromatic heterocycles. The summed E-state index contributed by atoms with van der Waals surface area (Å²) in [4.78, 5) is 21.0. The molecular formula is C13H19N3O3. The number of aliphatic hydroxyl groups excluding tert-OH is 1. The van der Waals surface area contributed by atoms with E-state index < -0.39 is 0 Å². The van der Waals surface area contributed by atoms with Crippen LogP contribution in [0.25, 0.3) is 0 Å². The number of aromatic nitrogens is 2. The number of rotatable bonds is 5. The Bertz CT molecular complexity index is 419. The van der Waals surface area contributed by atoms with Crippen molar-refractivity contribution in [3.05, 3.63) is 23.8 Å². The van der Waals surface area contributed by atoms with Gasteiger partial charge in [0.2, 0.25) is 0 Å². The van der Waals surface area contributed by atoms with Crippen molar-refractivity contribution in [1.29, 1.82) is 0 Å². The van der Waals surface area contributed by atoms with Crippen LogP contribution in [0.4, 0.5) is 0 Å². The summed E-state index contributed by atoms with van der Waals surface area (Å²) >= 11 is 0. The molecule has 0 saturated carbocycles. The quantitative estimate of drug-likeness (QED) is 0.779. The highest BCUT2D eigenvalue weighted by Crippen LogP contribution is 2.23. The van der Waals surface area contributed by atoms with Crippen LogP contribution in [0, 0.1) is 6.92 Å². The molecule has 2 rings (SSSR count). The van der Waals surface area contributed by atoms with Crippen molar-refractivity contribution < 1.29 is 14.6 Å². The van der Waals surface area contributed by atoms with Crippen LogP contribution in [-0.4, -0.2) is 52.2 Å². The SMILES string of the molecule is Cc1cc(C(COC=O)N2CCC(O)CC2)ncn1. The Morgan fingerprint density at radius 3 is 2.89 bits per heavy atom. The summed E-state index contributed by atoms with van der Waals surface area (Å²) in [7, 11) is 0. The second kappa shape index (κ2) is 6.58. The number of hydrogen-bond acceptors (Lipinski definition) is 6. The van der Waals surface area contributed by atoms with Crippen molar-refractivity contribution >= 4 is 6.47 Å². The first-order chi connectivity index (χ1) is 9.20. The van der Waals surface area contributed by atoms with Crippen molar-refractivity contribution in [3.8, 4) is 0 Å². The monoisotopic (exact) mass is 265 g/mol. The zero-order valence-electron chi connectivity index (χ0n) is 11.0. The molecule has 1 aromatic rings. The largest absolute Gasteiger partial charge is 0.466 e. The van der Waals surface area contributed by atoms with Gasteiger partial charge >= 0.3 is 0 Å². The van der Waals surface area contributed by atoms with Crippen LogP contribution >= 0.6 is 0 Å². The summed E-state index contributed by atoms with van der Waals surface area (Å²) in [6, 6.07) is 1.84. The predicted octanol–water partition coefficient (Wildman–Crippen LogP) is 0.456. The van der Waals surface area contributed by atoms with Crippen molar-refractivity contribution in [3.63, 3.8) is 0 Å². The Morgan fingerprint density at radius 1 is 1.53 bits per heavy atom. The van der Waals surface area contributed by atoms with E-state index in [1.54, 1.807) is 0 Å². The number of likely N-dealkylation sites (tertiary alicyclic amines) is 1. The zero-order chi connectivity index (χ0) is 13.7. The first-order valence-corrected chi connectivity index (χ1v) is 6.46. The molecule has 0 amide bonds. The van der Waals surface area contributed by atoms with E-state index in [2.05, 4.69) is 14.9 Å². The van der Waals surface area contributed by atoms with Crippen LogP contribution in [0.5, 0.6) is 0 Å². The minimum absolute atomic E-state index is 0.0700. The van der Waals surface area contributed by atoms with Gasteiger partial charge in [0, 0.05) is 18.8 Å². The average Bonchev–Trinajstić information content (AvgIpc) is 2.41. The number of carbonyl (C=O) groups is 1. The maximum atomic E-state index is 10.4. The van der Waals surface area contributed by atoms with Crippen molar-refractivity contribution in [2.75, 3.05) is 19.7 Å². The summed E-state index contributed by atoms with van der Waals surface area (Å²) in [6.07, 6.45) is 2.77. The molecule has 6 heteroatoms. The highest BCUT2D eigenvalue weighted by atomic mass is 16.5. The van der Waals surface area contributed by atoms with Crippen molar-refractivity contribution in [1.82, 2.24) is 14.9 Å². The Morgan fingerprint density at radius 2 is 2.26 bits per heavy atom. The van der Waals surface area contributed by atoms with Gasteiger partial charge in [0.25, 0.3) is 6.47 Å². The van der Waals surface area contributed by atoms with Gasteiger partial charge in [0.05, 0.1) is 17.8 Å². The Hall–Kier alpha value is -1.53. The van der Waals surface area contributed by atoms with Crippen LogP contribution in [0.1, 0.15) is 30.3 Å². The molecule has 1 saturated heterocycles. The molecule has 0 radical (unpaired) electrons. The van der Waals surface area contributed by atoms with Crippen LogP contribution in [-0.2, 0) is 9.53 Å². The van der Waals surface area contributed by atoms with E-state index in [-0.39, 0.29) is 18.8 Å². The molecule has 6 nitrogen and oxygen atoms in total. The maximum Gasteiger partial charge on any atom is 0.293 e. The number of nitrogens with zero attached hydrogens (tertiary/aromatic N) is 3. The van der Waals surface area contributed by atoms with Gasteiger partial charge in [0.15, 0.2) is 0 Å². The molecule has 1 unspecified atom stereocenters. The lowest BCUT2D eigenvalue weighted by Gasteiger charge is -2.35. The highest BCUT2D eigenvalue weighted by molar-refractivity contribution is 5.37. The molecule has 1 aliphatic heterocycles. The topological polar surface area (TPSA) is 75.5 Å². The number of carbonyl (C=O) groups excluding carboxylic acids is 1. The van der Waals surface area contributed by atoms with Crippen LogP contribution in [0.3, 0.4) is 0 Å². The summed E-state index contributed by atoms with van der Waals surface area (Å²) in [5.41, 5.74) is 1.74. The van der Waals surface area contributed by atoms with E-state index in [1.807, 2.05) is 13.0 Å². The minimum atomic E-state index is -0.226. The zero-order valence-corrected chi connectivity index (χ0v) is 11.0. The van der Waals surface area contributed by atoms with Crippen LogP contribution < -0.4 is 0 Å². The second-order valence-electron chi connectivity index (χ2n) is 4.80. The van der Waals surface area contributed by atoms with E-state index in [1.165, 1.54) is 6.33 Å². The van der Waals surface area contributed by atoms with Crippen molar-refractivity contribution in [2.24, 2.45) is 0 Å². The fourth-order valence-corrected chi connectivity index (χ4v) is 2.36. The third kappa shape index (κ3) is 3.71. The number of hydrogen-bond donors (Lipinski definition) is 1. The molecule has 19 heavy (non-hydrogen) atoms. The fraction of sp³-hybridized carbons (Fsp3) is 0.615. The Labute approximate surface area is 112 Å². The number of aliphatic hydroxyl groups is 1. The van der Waals surface area contributed by atoms with Gasteiger partial charge in [-0.25, -0.2) is 9.97 Å². The summed E-state index contributed by atoms with van der Waals surface area (Å²) < 4.78 is 4.92. The molecular weight excluding hydrogens is 246 g/mol. The van der Waals surface area contributed by atoms with Crippen LogP contribution in [0.2, 0.25) is 0 Å². The second-order valence-corrected chi connectivity index (χ2v) is 4.80. The molecule has 1 N–H and O–H groups in total. The van der Waals surface area contributed by atoms with E-state index in [4.69, 9.17) is 4.74 Å². The molecule has 1 fully saturated rings. The number of aryl methyl sites for hydroxylation is 1. The van der Waals surface area contributed by atoms with Gasteiger partial charge in [0.1, 0.15) is 12.9 Å². The van der Waals surface area contributed by atoms with Gasteiger partial charge in [-0.05, 0) is 25.8 Å². The molecule has 0 aliphatic carbocycles. The summed E-state index contributed by atoms with van der Waals surface area (Å²) in [5, 5.41) is 9.56. The van der Waals surface area contributed by atoms with Gasteiger partial charge < -0.3 is 9.84 Å². The van der Waals surface area contributed by atoms with E-state index in [0.717, 1.165) is 37.3 Å². The first kappa shape index (κ1) is 13.9. The van der Waals surface area contributed by atoms with E-state index in [0.29, 0.717) is 6.47 Å². The third-order valence-electron chi connectivity index (χ3n) is 3.43. The Balaban J connectivity index is 2.13. The minimum Gasteiger partial charge on any atom is -0.466 e. The Kier molecular flexibility index (Phi) is 4.81. The molecule has 0 aromatic carbocycles. The summed E-state index contributed by atoms with van der Waals surface area (Å²) in [6.45, 7) is 4.19. The van der Waals surface area contributed by atoms with E-state index in [9.17, 15) is 9.90 Å². The van der Waals surface area contributed by atoms with Gasteiger partial charge in [-0.3, -0.25) is 9.69 Å². The molecule has 0 spiro atoms. The normalized spacial score (nSPS) is 19.1. The molecule has 1 atom stereocenters. The van der Waals surface area contributed by atoms with Crippen LogP contribution in [0.15, 0.2) is 12.4 Å². The third-order valence-corrected chi connectivity index (χ3v) is 3.43. The lowest BCUT2D eigenvalue weighted by molar-refractivity contribution is -0.130. The average molecular weight is 265 g/mol. The molecule has 104 valence electrons. The molecule has 2 heterocycles. The standard InChI is InChI=1S/C13H19N3O3/c1-10-6-12(15-8-14-10)13(7-19-9-17)16-4-2-11(18)3-5-16/h6,8-9,11,13,18H,2-5,7H2,1H3. The predicted molar refractivity (Wildman–Crippen MR) is 68.3 cm³/mol. The number of ether oxygens (including phenoxy) is 1. The molecule has 0 bridgehead atoms. The lowest BCUT2D eigenvalue weighted by atomic mass is 10.0. The first-order valence-electron chi connectivity index (χ1n) is 6.46. The maximum absolute atomic E-state index is 10.4. The molecule has 1 aliphatic rings. The van der Waals surface area contributed by atoms with Gasteiger partial charge in [-0.2, -0.15) is 0 Å². The number of piperidine rings is 1. The van der Waals surface area contributed by atoms with Gasteiger partial charge in [-0.15, -0.1) is 0 Å². The summed E-state index contributed by atoms with van der Waals surface area (Å²) in [5.74, 6) is 0. The van der Waals surface area contributed by atoms with E-state index >= 15 is 0 Å². The lowest BCUT2D eigenvalue weighted by Crippen LogP contribution is -2.40. The smallest absolute Gasteiger partial charge is 0.293 e. The van der Waals surface area contributed by atoms with Gasteiger partial charge in [-0.1, -0.05) is 0 Å². The fourth-order valence-electron chi connectivity index (χ4n) is 2.36.